The maximum absolute atomic E-state index is 12.8. The van der Waals surface area contributed by atoms with Crippen molar-refractivity contribution in [2.45, 2.75) is 18.6 Å². The molecule has 8 heteroatoms. The molecule has 0 saturated carbocycles. The molecule has 1 nitrogen and oxygen atoms in total. The molecule has 0 saturated heterocycles. The molecule has 1 rings (SSSR count). The van der Waals surface area contributed by atoms with Gasteiger partial charge in [0.25, 0.3) is 6.43 Å². The summed E-state index contributed by atoms with van der Waals surface area (Å²) in [4.78, 5) is 0. The molecule has 17 heavy (non-hydrogen) atoms. The van der Waals surface area contributed by atoms with E-state index in [0.717, 1.165) is 6.07 Å². The molecule has 0 aliphatic heterocycles. The summed E-state index contributed by atoms with van der Waals surface area (Å²) in [5, 5.41) is 0. The quantitative estimate of drug-likeness (QED) is 0.824. The van der Waals surface area contributed by atoms with Gasteiger partial charge in [-0.05, 0) is 17.7 Å². The van der Waals surface area contributed by atoms with Gasteiger partial charge < -0.3 is 5.73 Å². The van der Waals surface area contributed by atoms with Crippen LogP contribution in [0.25, 0.3) is 0 Å². The van der Waals surface area contributed by atoms with Crippen LogP contribution in [0.5, 0.6) is 0 Å². The minimum Gasteiger partial charge on any atom is -0.319 e. The molecule has 0 aliphatic rings. The van der Waals surface area contributed by atoms with Crippen molar-refractivity contribution in [3.05, 3.63) is 35.1 Å². The second-order valence-corrected chi connectivity index (χ2v) is 3.10. The van der Waals surface area contributed by atoms with E-state index in [0.29, 0.717) is 12.1 Å². The first-order valence-corrected chi connectivity index (χ1v) is 4.14. The molecule has 1 atom stereocenters. The smallest absolute Gasteiger partial charge is 0.319 e. The van der Waals surface area contributed by atoms with Gasteiger partial charge >= 0.3 is 6.18 Å². The van der Waals surface area contributed by atoms with Crippen LogP contribution in [0.2, 0.25) is 0 Å². The molecule has 0 fully saturated rings. The van der Waals surface area contributed by atoms with Crippen molar-refractivity contribution >= 4 is 12.4 Å². The molecule has 0 aliphatic carbocycles. The van der Waals surface area contributed by atoms with Gasteiger partial charge in [-0.15, -0.1) is 12.4 Å². The summed E-state index contributed by atoms with van der Waals surface area (Å²) in [6.45, 7) is 0. The van der Waals surface area contributed by atoms with Crippen molar-refractivity contribution in [3.8, 4) is 0 Å². The maximum Gasteiger partial charge on any atom is 0.419 e. The third kappa shape index (κ3) is 3.78. The Kier molecular flexibility index (Phi) is 5.28. The predicted octanol–water partition coefficient (Wildman–Crippen LogP) is 3.53. The van der Waals surface area contributed by atoms with E-state index < -0.39 is 35.6 Å². The van der Waals surface area contributed by atoms with Crippen LogP contribution in [-0.4, -0.2) is 6.43 Å². The number of rotatable bonds is 2. The fourth-order valence-corrected chi connectivity index (χ4v) is 1.11. The van der Waals surface area contributed by atoms with E-state index in [-0.39, 0.29) is 12.4 Å². The lowest BCUT2D eigenvalue weighted by molar-refractivity contribution is -0.140. The van der Waals surface area contributed by atoms with Gasteiger partial charge in [-0.2, -0.15) is 13.2 Å². The number of halogens is 7. The first-order chi connectivity index (χ1) is 7.23. The summed E-state index contributed by atoms with van der Waals surface area (Å²) < 4.78 is 73.7. The largest absolute Gasteiger partial charge is 0.419 e. The normalized spacial score (nSPS) is 13.4. The second kappa shape index (κ2) is 5.59. The van der Waals surface area contributed by atoms with Crippen LogP contribution in [-0.2, 0) is 6.18 Å². The molecule has 0 aromatic heterocycles. The van der Waals surface area contributed by atoms with Crippen LogP contribution in [0, 0.1) is 5.82 Å². The first-order valence-electron chi connectivity index (χ1n) is 4.14. The van der Waals surface area contributed by atoms with E-state index in [4.69, 9.17) is 5.73 Å². The van der Waals surface area contributed by atoms with Gasteiger partial charge in [0.05, 0.1) is 11.6 Å². The molecule has 0 unspecified atom stereocenters. The van der Waals surface area contributed by atoms with E-state index >= 15 is 0 Å². The van der Waals surface area contributed by atoms with Crippen molar-refractivity contribution in [3.63, 3.8) is 0 Å². The van der Waals surface area contributed by atoms with Crippen molar-refractivity contribution in [2.75, 3.05) is 0 Å². The highest BCUT2D eigenvalue weighted by molar-refractivity contribution is 5.85. The van der Waals surface area contributed by atoms with Crippen molar-refractivity contribution in [1.29, 1.82) is 0 Å². The predicted molar refractivity (Wildman–Crippen MR) is 51.6 cm³/mol. The highest BCUT2D eigenvalue weighted by Gasteiger charge is 2.35. The Labute approximate surface area is 99.0 Å². The van der Waals surface area contributed by atoms with Gasteiger partial charge in [-0.3, -0.25) is 0 Å². The van der Waals surface area contributed by atoms with Crippen LogP contribution in [0.15, 0.2) is 18.2 Å². The molecule has 0 spiro atoms. The monoisotopic (exact) mass is 279 g/mol. The van der Waals surface area contributed by atoms with Crippen LogP contribution >= 0.6 is 12.4 Å². The highest BCUT2D eigenvalue weighted by atomic mass is 35.5. The molecule has 1 aromatic rings. The first kappa shape index (κ1) is 16.1. The zero-order valence-electron chi connectivity index (χ0n) is 8.14. The van der Waals surface area contributed by atoms with E-state index in [1.54, 1.807) is 0 Å². The van der Waals surface area contributed by atoms with E-state index in [1.807, 2.05) is 0 Å². The van der Waals surface area contributed by atoms with Gasteiger partial charge in [0.15, 0.2) is 0 Å². The fourth-order valence-electron chi connectivity index (χ4n) is 1.11. The van der Waals surface area contributed by atoms with E-state index in [9.17, 15) is 26.3 Å². The minimum absolute atomic E-state index is 0. The zero-order valence-corrected chi connectivity index (χ0v) is 8.96. The van der Waals surface area contributed by atoms with Crippen LogP contribution < -0.4 is 5.73 Å². The van der Waals surface area contributed by atoms with Crippen LogP contribution in [0.3, 0.4) is 0 Å². The maximum atomic E-state index is 12.8. The Morgan fingerprint density at radius 1 is 1.12 bits per heavy atom. The molecule has 0 radical (unpaired) electrons. The lowest BCUT2D eigenvalue weighted by Crippen LogP contribution is -2.20. The lowest BCUT2D eigenvalue weighted by atomic mass is 10.0. The van der Waals surface area contributed by atoms with Crippen LogP contribution in [0.4, 0.5) is 26.3 Å². The molecule has 0 amide bonds. The average molecular weight is 280 g/mol. The summed E-state index contributed by atoms with van der Waals surface area (Å²) in [5.41, 5.74) is 2.91. The molecule has 0 bridgehead atoms. The standard InChI is InChI=1S/C9H7F6N.ClH/c10-6-2-1-4(7(16)8(11)12)3-5(6)9(13,14)15;/h1-3,7-8H,16H2;1H/t7-;/m1./s1. The third-order valence-electron chi connectivity index (χ3n) is 1.95. The van der Waals surface area contributed by atoms with Gasteiger partial charge in [-0.25, -0.2) is 13.2 Å². The van der Waals surface area contributed by atoms with E-state index in [2.05, 4.69) is 0 Å². The lowest BCUT2D eigenvalue weighted by Gasteiger charge is -2.14. The van der Waals surface area contributed by atoms with E-state index in [1.165, 1.54) is 0 Å². The summed E-state index contributed by atoms with van der Waals surface area (Å²) in [6.07, 6.45) is -7.94. The number of hydrogen-bond donors (Lipinski definition) is 1. The summed E-state index contributed by atoms with van der Waals surface area (Å²) in [5.74, 6) is -1.52. The van der Waals surface area contributed by atoms with Gasteiger partial charge in [0.2, 0.25) is 0 Å². The second-order valence-electron chi connectivity index (χ2n) is 3.10. The summed E-state index contributed by atoms with van der Waals surface area (Å²) in [7, 11) is 0. The molecular formula is C9H8ClF6N. The Hall–Kier alpha value is -0.950. The van der Waals surface area contributed by atoms with Crippen molar-refractivity contribution in [2.24, 2.45) is 5.73 Å². The fraction of sp³-hybridized carbons (Fsp3) is 0.333. The molecule has 0 heterocycles. The summed E-state index contributed by atoms with van der Waals surface area (Å²) in [6, 6.07) is -0.282. The van der Waals surface area contributed by atoms with Crippen LogP contribution in [0.1, 0.15) is 17.2 Å². The molecule has 98 valence electrons. The van der Waals surface area contributed by atoms with Gasteiger partial charge in [-0.1, -0.05) is 6.07 Å². The van der Waals surface area contributed by atoms with Crippen molar-refractivity contribution < 1.29 is 26.3 Å². The Bertz CT molecular complexity index is 378. The van der Waals surface area contributed by atoms with Gasteiger partial charge in [0, 0.05) is 0 Å². The number of alkyl halides is 5. The molecular weight excluding hydrogens is 272 g/mol. The Morgan fingerprint density at radius 2 is 1.65 bits per heavy atom. The number of hydrogen-bond acceptors (Lipinski definition) is 1. The molecule has 2 N–H and O–H groups in total. The third-order valence-corrected chi connectivity index (χ3v) is 1.95. The van der Waals surface area contributed by atoms with Gasteiger partial charge in [0.1, 0.15) is 5.82 Å². The summed E-state index contributed by atoms with van der Waals surface area (Å²) >= 11 is 0. The SMILES string of the molecule is Cl.N[C@H](c1ccc(F)c(C(F)(F)F)c1)C(F)F. The Morgan fingerprint density at radius 3 is 2.06 bits per heavy atom. The molecule has 1 aromatic carbocycles. The topological polar surface area (TPSA) is 26.0 Å². The number of nitrogens with two attached hydrogens (primary N) is 1. The zero-order chi connectivity index (χ0) is 12.5. The average Bonchev–Trinajstić information content (AvgIpc) is 2.15. The minimum atomic E-state index is -4.93. The highest BCUT2D eigenvalue weighted by Crippen LogP contribution is 2.33. The van der Waals surface area contributed by atoms with Crippen molar-refractivity contribution in [1.82, 2.24) is 0 Å². The Balaban J connectivity index is 0.00000256. The number of benzene rings is 1.